The van der Waals surface area contributed by atoms with Gasteiger partial charge in [-0.15, -0.1) is 0 Å². The smallest absolute Gasteiger partial charge is 0.193 e. The summed E-state index contributed by atoms with van der Waals surface area (Å²) in [6.45, 7) is 6.81. The Kier molecular flexibility index (Phi) is 3.84. The highest BCUT2D eigenvalue weighted by Gasteiger charge is 2.43. The van der Waals surface area contributed by atoms with E-state index < -0.39 is 5.79 Å². The van der Waals surface area contributed by atoms with Gasteiger partial charge in [-0.25, -0.2) is 0 Å². The van der Waals surface area contributed by atoms with Gasteiger partial charge in [-0.2, -0.15) is 0 Å². The zero-order valence-electron chi connectivity index (χ0n) is 11.4. The number of rotatable bonds is 3. The van der Waals surface area contributed by atoms with E-state index in [9.17, 15) is 0 Å². The maximum Gasteiger partial charge on any atom is 0.193 e. The second kappa shape index (κ2) is 5.59. The van der Waals surface area contributed by atoms with Crippen LogP contribution >= 0.6 is 0 Å². The highest BCUT2D eigenvalue weighted by molar-refractivity contribution is 5.14. The summed E-state index contributed by atoms with van der Waals surface area (Å²) >= 11 is 0. The van der Waals surface area contributed by atoms with E-state index in [1.54, 1.807) is 0 Å². The first kappa shape index (κ1) is 13.1. The Labute approximate surface area is 114 Å². The lowest BCUT2D eigenvalue weighted by Gasteiger charge is -2.39. The van der Waals surface area contributed by atoms with E-state index in [-0.39, 0.29) is 6.10 Å². The summed E-state index contributed by atoms with van der Waals surface area (Å²) < 4.78 is 17.3. The molecular weight excluding hydrogens is 242 g/mol. The summed E-state index contributed by atoms with van der Waals surface area (Å²) in [6.07, 6.45) is -0.00698. The third-order valence-corrected chi connectivity index (χ3v) is 3.85. The van der Waals surface area contributed by atoms with Gasteiger partial charge in [0.2, 0.25) is 0 Å². The van der Waals surface area contributed by atoms with Crippen LogP contribution in [-0.4, -0.2) is 49.7 Å². The van der Waals surface area contributed by atoms with Gasteiger partial charge >= 0.3 is 0 Å². The maximum atomic E-state index is 5.84. The molecule has 1 unspecified atom stereocenters. The monoisotopic (exact) mass is 263 g/mol. The van der Waals surface area contributed by atoms with E-state index >= 15 is 0 Å². The molecule has 1 atom stereocenters. The second-order valence-electron chi connectivity index (χ2n) is 5.29. The molecule has 104 valence electrons. The second-order valence-corrected chi connectivity index (χ2v) is 5.29. The number of hydrogen-bond acceptors (Lipinski definition) is 4. The minimum atomic E-state index is -0.574. The van der Waals surface area contributed by atoms with Crippen LogP contribution in [0.4, 0.5) is 0 Å². The van der Waals surface area contributed by atoms with Crippen LogP contribution in [0.2, 0.25) is 0 Å². The van der Waals surface area contributed by atoms with Gasteiger partial charge in [-0.3, -0.25) is 4.90 Å². The Morgan fingerprint density at radius 2 is 1.89 bits per heavy atom. The molecule has 2 fully saturated rings. The highest BCUT2D eigenvalue weighted by atomic mass is 16.8. The lowest BCUT2D eigenvalue weighted by atomic mass is 10.1. The van der Waals surface area contributed by atoms with Crippen LogP contribution in [0, 0.1) is 0 Å². The quantitative estimate of drug-likeness (QED) is 0.829. The predicted octanol–water partition coefficient (Wildman–Crippen LogP) is 1.65. The molecule has 2 saturated heterocycles. The minimum absolute atomic E-state index is 0.00698. The van der Waals surface area contributed by atoms with Gasteiger partial charge in [0.25, 0.3) is 0 Å². The van der Waals surface area contributed by atoms with Crippen molar-refractivity contribution >= 4 is 0 Å². The fraction of sp³-hybridized carbons (Fsp3) is 0.600. The Bertz CT molecular complexity index is 403. The van der Waals surface area contributed by atoms with Crippen LogP contribution in [0.1, 0.15) is 12.5 Å². The van der Waals surface area contributed by atoms with Crippen LogP contribution < -0.4 is 0 Å². The molecule has 19 heavy (non-hydrogen) atoms. The number of ether oxygens (including phenoxy) is 3. The molecule has 0 bridgehead atoms. The normalized spacial score (nSPS) is 27.5. The van der Waals surface area contributed by atoms with Gasteiger partial charge in [0.1, 0.15) is 6.10 Å². The fourth-order valence-electron chi connectivity index (χ4n) is 2.72. The maximum absolute atomic E-state index is 5.84. The van der Waals surface area contributed by atoms with Gasteiger partial charge < -0.3 is 14.2 Å². The van der Waals surface area contributed by atoms with Crippen molar-refractivity contribution in [2.75, 3.05) is 32.9 Å². The van der Waals surface area contributed by atoms with Gasteiger partial charge in [0.15, 0.2) is 5.79 Å². The van der Waals surface area contributed by atoms with E-state index in [1.807, 2.05) is 13.0 Å². The topological polar surface area (TPSA) is 30.9 Å². The van der Waals surface area contributed by atoms with Crippen molar-refractivity contribution in [1.29, 1.82) is 0 Å². The van der Waals surface area contributed by atoms with Crippen molar-refractivity contribution in [3.63, 3.8) is 0 Å². The van der Waals surface area contributed by atoms with Crippen LogP contribution in [0.25, 0.3) is 0 Å². The standard InChI is InChI=1S/C15H21NO3/c1-15(18-9-10-19-15)14-12-16(7-8-17-14)11-13-5-3-2-4-6-13/h2-6,14H,7-12H2,1H3. The number of nitrogens with zero attached hydrogens (tertiary/aromatic N) is 1. The molecule has 2 aliphatic heterocycles. The Morgan fingerprint density at radius 3 is 2.63 bits per heavy atom. The first-order valence-corrected chi connectivity index (χ1v) is 6.92. The molecule has 0 N–H and O–H groups in total. The number of benzene rings is 1. The molecule has 0 radical (unpaired) electrons. The summed E-state index contributed by atoms with van der Waals surface area (Å²) in [7, 11) is 0. The van der Waals surface area contributed by atoms with E-state index in [0.29, 0.717) is 13.2 Å². The van der Waals surface area contributed by atoms with Crippen molar-refractivity contribution in [2.24, 2.45) is 0 Å². The predicted molar refractivity (Wildman–Crippen MR) is 71.8 cm³/mol. The number of hydrogen-bond donors (Lipinski definition) is 0. The molecule has 0 aliphatic carbocycles. The largest absolute Gasteiger partial charge is 0.370 e. The fourth-order valence-corrected chi connectivity index (χ4v) is 2.72. The molecule has 0 amide bonds. The summed E-state index contributed by atoms with van der Waals surface area (Å²) in [5.41, 5.74) is 1.33. The summed E-state index contributed by atoms with van der Waals surface area (Å²) in [6, 6.07) is 10.5. The third kappa shape index (κ3) is 2.98. The van der Waals surface area contributed by atoms with Gasteiger partial charge in [-0.1, -0.05) is 30.3 Å². The van der Waals surface area contributed by atoms with E-state index in [1.165, 1.54) is 5.56 Å². The lowest BCUT2D eigenvalue weighted by molar-refractivity contribution is -0.238. The van der Waals surface area contributed by atoms with Crippen LogP contribution in [0.15, 0.2) is 30.3 Å². The molecule has 3 rings (SSSR count). The molecule has 4 heteroatoms. The molecular formula is C15H21NO3. The third-order valence-electron chi connectivity index (χ3n) is 3.85. The van der Waals surface area contributed by atoms with Crippen molar-refractivity contribution in [1.82, 2.24) is 4.90 Å². The Hall–Kier alpha value is -0.940. The van der Waals surface area contributed by atoms with E-state index in [0.717, 1.165) is 26.2 Å². The molecule has 0 spiro atoms. The van der Waals surface area contributed by atoms with Crippen molar-refractivity contribution in [3.05, 3.63) is 35.9 Å². The molecule has 2 aliphatic rings. The van der Waals surface area contributed by atoms with E-state index in [2.05, 4.69) is 29.2 Å². The lowest BCUT2D eigenvalue weighted by Crippen LogP contribution is -2.53. The number of morpholine rings is 1. The van der Waals surface area contributed by atoms with E-state index in [4.69, 9.17) is 14.2 Å². The first-order valence-electron chi connectivity index (χ1n) is 6.92. The van der Waals surface area contributed by atoms with Gasteiger partial charge in [0.05, 0.1) is 19.8 Å². The summed E-state index contributed by atoms with van der Waals surface area (Å²) in [5.74, 6) is -0.574. The Balaban J connectivity index is 1.62. The zero-order valence-corrected chi connectivity index (χ0v) is 11.4. The van der Waals surface area contributed by atoms with Crippen LogP contribution in [0.3, 0.4) is 0 Å². The van der Waals surface area contributed by atoms with Crippen molar-refractivity contribution < 1.29 is 14.2 Å². The molecule has 2 heterocycles. The summed E-state index contributed by atoms with van der Waals surface area (Å²) in [4.78, 5) is 2.40. The highest BCUT2D eigenvalue weighted by Crippen LogP contribution is 2.27. The SMILES string of the molecule is CC1(C2CN(Cc3ccccc3)CCO2)OCCO1. The van der Waals surface area contributed by atoms with Crippen LogP contribution in [0.5, 0.6) is 0 Å². The molecule has 0 saturated carbocycles. The zero-order chi connectivity index (χ0) is 13.1. The van der Waals surface area contributed by atoms with Crippen molar-refractivity contribution in [3.8, 4) is 0 Å². The first-order chi connectivity index (χ1) is 9.26. The average Bonchev–Trinajstić information content (AvgIpc) is 2.89. The van der Waals surface area contributed by atoms with Gasteiger partial charge in [0, 0.05) is 19.6 Å². The average molecular weight is 263 g/mol. The Morgan fingerprint density at radius 1 is 1.16 bits per heavy atom. The molecule has 0 aromatic heterocycles. The molecule has 4 nitrogen and oxygen atoms in total. The molecule has 1 aromatic carbocycles. The van der Waals surface area contributed by atoms with Gasteiger partial charge in [-0.05, 0) is 12.5 Å². The summed E-state index contributed by atoms with van der Waals surface area (Å²) in [5, 5.41) is 0. The van der Waals surface area contributed by atoms with Crippen LogP contribution in [-0.2, 0) is 20.8 Å². The van der Waals surface area contributed by atoms with Crippen molar-refractivity contribution in [2.45, 2.75) is 25.4 Å². The molecule has 1 aromatic rings. The minimum Gasteiger partial charge on any atom is -0.370 e.